The van der Waals surface area contributed by atoms with Crippen molar-refractivity contribution in [2.75, 3.05) is 42.7 Å². The van der Waals surface area contributed by atoms with Gasteiger partial charge >= 0.3 is 12.2 Å². The quantitative estimate of drug-likeness (QED) is 0.725. The lowest BCUT2D eigenvalue weighted by molar-refractivity contribution is -0.137. The zero-order chi connectivity index (χ0) is 21.9. The zero-order valence-corrected chi connectivity index (χ0v) is 17.7. The third kappa shape index (κ3) is 5.78. The molecule has 0 bridgehead atoms. The average Bonchev–Trinajstić information content (AvgIpc) is 3.20. The standard InChI is InChI=1S/C19H27F3N4O3S/c1-30(28,29)23-13-15-6-2-3-11-26(15)18(27)24-16-12-14(19(20,21)22)7-8-17(16)25-9-4-5-10-25/h7-8,12,15,23H,2-6,9-11,13H2,1H3,(H,24,27)/t15-/m1/s1. The van der Waals surface area contributed by atoms with Crippen LogP contribution >= 0.6 is 0 Å². The molecule has 2 aliphatic heterocycles. The summed E-state index contributed by atoms with van der Waals surface area (Å²) < 4.78 is 65.0. The molecule has 0 saturated carbocycles. The highest BCUT2D eigenvalue weighted by Crippen LogP contribution is 2.36. The Labute approximate surface area is 174 Å². The van der Waals surface area contributed by atoms with Gasteiger partial charge in [0, 0.05) is 32.2 Å². The second kappa shape index (κ2) is 9.01. The second-order valence-electron chi connectivity index (χ2n) is 7.82. The summed E-state index contributed by atoms with van der Waals surface area (Å²) in [5.41, 5.74) is -0.136. The summed E-state index contributed by atoms with van der Waals surface area (Å²) in [6, 6.07) is 2.54. The summed E-state index contributed by atoms with van der Waals surface area (Å²) in [7, 11) is -3.41. The van der Waals surface area contributed by atoms with Gasteiger partial charge in [-0.15, -0.1) is 0 Å². The van der Waals surface area contributed by atoms with Crippen molar-refractivity contribution in [3.63, 3.8) is 0 Å². The molecule has 3 rings (SSSR count). The third-order valence-electron chi connectivity index (χ3n) is 5.48. The Morgan fingerprint density at radius 2 is 1.80 bits per heavy atom. The fourth-order valence-electron chi connectivity index (χ4n) is 3.96. The maximum atomic E-state index is 13.2. The minimum atomic E-state index is -4.52. The zero-order valence-electron chi connectivity index (χ0n) is 16.8. The van der Waals surface area contributed by atoms with Gasteiger partial charge < -0.3 is 15.1 Å². The number of piperidine rings is 1. The molecule has 1 aromatic rings. The minimum Gasteiger partial charge on any atom is -0.370 e. The summed E-state index contributed by atoms with van der Waals surface area (Å²) in [6.07, 6.45) is 0.644. The van der Waals surface area contributed by atoms with E-state index in [1.807, 2.05) is 4.90 Å². The summed E-state index contributed by atoms with van der Waals surface area (Å²) in [5, 5.41) is 2.66. The molecule has 0 aliphatic carbocycles. The van der Waals surface area contributed by atoms with Gasteiger partial charge in [0.1, 0.15) is 0 Å². The van der Waals surface area contributed by atoms with E-state index in [-0.39, 0.29) is 18.3 Å². The molecule has 2 saturated heterocycles. The van der Waals surface area contributed by atoms with E-state index in [9.17, 15) is 26.4 Å². The Morgan fingerprint density at radius 3 is 2.43 bits per heavy atom. The Bertz CT molecular complexity index is 870. The van der Waals surface area contributed by atoms with Gasteiger partial charge in [-0.2, -0.15) is 13.2 Å². The van der Waals surface area contributed by atoms with Gasteiger partial charge in [0.05, 0.1) is 23.2 Å². The van der Waals surface area contributed by atoms with Crippen LogP contribution in [0.2, 0.25) is 0 Å². The molecule has 2 amide bonds. The lowest BCUT2D eigenvalue weighted by Gasteiger charge is -2.36. The Hall–Kier alpha value is -2.01. The number of nitrogens with zero attached hydrogens (tertiary/aromatic N) is 2. The van der Waals surface area contributed by atoms with Gasteiger partial charge in [-0.25, -0.2) is 17.9 Å². The SMILES string of the molecule is CS(=O)(=O)NC[C@H]1CCCCN1C(=O)Nc1cc(C(F)(F)F)ccc1N1CCCC1. The lowest BCUT2D eigenvalue weighted by Crippen LogP contribution is -2.50. The molecule has 168 valence electrons. The van der Waals surface area contributed by atoms with E-state index in [2.05, 4.69) is 10.0 Å². The number of carbonyl (C=O) groups is 1. The van der Waals surface area contributed by atoms with Gasteiger partial charge in [-0.1, -0.05) is 0 Å². The van der Waals surface area contributed by atoms with Crippen LogP contribution in [0.4, 0.5) is 29.3 Å². The number of alkyl halides is 3. The van der Waals surface area contributed by atoms with Crippen molar-refractivity contribution in [3.05, 3.63) is 23.8 Å². The summed E-state index contributed by atoms with van der Waals surface area (Å²) >= 11 is 0. The fourth-order valence-corrected chi connectivity index (χ4v) is 4.46. The topological polar surface area (TPSA) is 81.8 Å². The maximum Gasteiger partial charge on any atom is 0.416 e. The van der Waals surface area contributed by atoms with Crippen LogP contribution in [0.3, 0.4) is 0 Å². The number of hydrogen-bond donors (Lipinski definition) is 2. The van der Waals surface area contributed by atoms with Crippen molar-refractivity contribution in [1.29, 1.82) is 0 Å². The van der Waals surface area contributed by atoms with Crippen LogP contribution in [0, 0.1) is 0 Å². The average molecular weight is 449 g/mol. The van der Waals surface area contributed by atoms with E-state index in [0.717, 1.165) is 57.2 Å². The molecule has 2 aliphatic rings. The number of anilines is 2. The molecule has 0 aromatic heterocycles. The van der Waals surface area contributed by atoms with Crippen molar-refractivity contribution < 1.29 is 26.4 Å². The number of carbonyl (C=O) groups excluding carboxylic acids is 1. The van der Waals surface area contributed by atoms with Crippen molar-refractivity contribution in [3.8, 4) is 0 Å². The van der Waals surface area contributed by atoms with Crippen LogP contribution in [0.15, 0.2) is 18.2 Å². The van der Waals surface area contributed by atoms with Crippen LogP contribution in [-0.4, -0.2) is 57.8 Å². The van der Waals surface area contributed by atoms with Crippen LogP contribution in [0.1, 0.15) is 37.7 Å². The van der Waals surface area contributed by atoms with Gasteiger partial charge in [0.2, 0.25) is 10.0 Å². The van der Waals surface area contributed by atoms with Gasteiger partial charge in [-0.05, 0) is 50.3 Å². The third-order valence-corrected chi connectivity index (χ3v) is 6.17. The van der Waals surface area contributed by atoms with E-state index in [1.165, 1.54) is 11.0 Å². The van der Waals surface area contributed by atoms with Crippen LogP contribution in [0.25, 0.3) is 0 Å². The molecule has 0 unspecified atom stereocenters. The Kier molecular flexibility index (Phi) is 6.81. The molecule has 7 nitrogen and oxygen atoms in total. The van der Waals surface area contributed by atoms with Crippen molar-refractivity contribution in [2.24, 2.45) is 0 Å². The van der Waals surface area contributed by atoms with Crippen LogP contribution in [-0.2, 0) is 16.2 Å². The van der Waals surface area contributed by atoms with Crippen LogP contribution < -0.4 is 14.9 Å². The van der Waals surface area contributed by atoms with E-state index in [0.29, 0.717) is 18.7 Å². The number of benzene rings is 1. The normalized spacial score (nSPS) is 20.5. The van der Waals surface area contributed by atoms with Crippen molar-refractivity contribution in [2.45, 2.75) is 44.3 Å². The van der Waals surface area contributed by atoms with Gasteiger partial charge in [0.25, 0.3) is 0 Å². The van der Waals surface area contributed by atoms with Crippen LogP contribution in [0.5, 0.6) is 0 Å². The maximum absolute atomic E-state index is 13.2. The number of amides is 2. The number of halogens is 3. The molecule has 1 atom stereocenters. The number of nitrogens with one attached hydrogen (secondary N) is 2. The summed E-state index contributed by atoms with van der Waals surface area (Å²) in [6.45, 7) is 1.94. The Morgan fingerprint density at radius 1 is 1.13 bits per heavy atom. The fraction of sp³-hybridized carbons (Fsp3) is 0.632. The minimum absolute atomic E-state index is 0.0772. The van der Waals surface area contributed by atoms with E-state index >= 15 is 0 Å². The molecular formula is C19H27F3N4O3S. The Balaban J connectivity index is 1.82. The van der Waals surface area contributed by atoms with Crippen molar-refractivity contribution >= 4 is 27.4 Å². The first-order valence-electron chi connectivity index (χ1n) is 10.0. The lowest BCUT2D eigenvalue weighted by atomic mass is 10.0. The number of urea groups is 1. The highest BCUT2D eigenvalue weighted by molar-refractivity contribution is 7.88. The molecule has 11 heteroatoms. The molecular weight excluding hydrogens is 421 g/mol. The van der Waals surface area contributed by atoms with Crippen molar-refractivity contribution in [1.82, 2.24) is 9.62 Å². The number of hydrogen-bond acceptors (Lipinski definition) is 4. The highest BCUT2D eigenvalue weighted by atomic mass is 32.2. The molecule has 0 spiro atoms. The highest BCUT2D eigenvalue weighted by Gasteiger charge is 2.33. The first-order valence-corrected chi connectivity index (χ1v) is 11.9. The van der Waals surface area contributed by atoms with E-state index < -0.39 is 27.8 Å². The predicted molar refractivity (Wildman–Crippen MR) is 109 cm³/mol. The molecule has 2 N–H and O–H groups in total. The summed E-state index contributed by atoms with van der Waals surface area (Å²) in [5.74, 6) is 0. The second-order valence-corrected chi connectivity index (χ2v) is 9.65. The van der Waals surface area contributed by atoms with E-state index in [1.54, 1.807) is 0 Å². The molecule has 2 fully saturated rings. The predicted octanol–water partition coefficient (Wildman–Crippen LogP) is 3.24. The molecule has 1 aromatic carbocycles. The first kappa shape index (κ1) is 22.7. The smallest absolute Gasteiger partial charge is 0.370 e. The molecule has 0 radical (unpaired) electrons. The first-order chi connectivity index (χ1) is 14.0. The van der Waals surface area contributed by atoms with E-state index in [4.69, 9.17) is 0 Å². The van der Waals surface area contributed by atoms with Gasteiger partial charge in [-0.3, -0.25) is 0 Å². The number of sulfonamides is 1. The largest absolute Gasteiger partial charge is 0.416 e. The number of likely N-dealkylation sites (tertiary alicyclic amines) is 1. The molecule has 30 heavy (non-hydrogen) atoms. The summed E-state index contributed by atoms with van der Waals surface area (Å²) in [4.78, 5) is 16.4. The number of rotatable bonds is 5. The monoisotopic (exact) mass is 448 g/mol. The van der Waals surface area contributed by atoms with Gasteiger partial charge in [0.15, 0.2) is 0 Å². The molecule has 2 heterocycles.